The van der Waals surface area contributed by atoms with Crippen LogP contribution in [0.4, 0.5) is 10.6 Å². The lowest BCUT2D eigenvalue weighted by molar-refractivity contribution is -0.302. The summed E-state index contributed by atoms with van der Waals surface area (Å²) in [6.45, 7) is 19.6. The van der Waals surface area contributed by atoms with E-state index in [0.29, 0.717) is 43.9 Å². The summed E-state index contributed by atoms with van der Waals surface area (Å²) < 4.78 is 40.7. The number of Topliss-reactive ketones (excluding diaryl/α,β-unsaturated/α-hetero) is 1. The number of fused-ring (bicyclic) bond motifs is 1. The predicted molar refractivity (Wildman–Crippen MR) is 261 cm³/mol. The average molecular weight is 974 g/mol. The fraction of sp³-hybridized carbons (Fsp3) is 0.635. The number of carbonyl (C=O) groups is 4. The number of aryl methyl sites for hydroxylation is 1. The molecule has 3 saturated heterocycles. The number of carbonyl (C=O) groups excluding carboxylic acids is 4. The third kappa shape index (κ3) is 12.1. The Morgan fingerprint density at radius 2 is 1.79 bits per heavy atom. The number of nitrogen functional groups attached to an aromatic ring is 1. The number of aliphatic hydroxyl groups is 1. The Morgan fingerprint density at radius 3 is 2.46 bits per heavy atom. The molecule has 0 aromatic carbocycles. The number of rotatable bonds is 16. The van der Waals surface area contributed by atoms with Crippen LogP contribution in [0.15, 0.2) is 67.9 Å². The average Bonchev–Trinajstić information content (AvgIpc) is 3.91. The molecule has 6 heterocycles. The Balaban J connectivity index is 1.34. The van der Waals surface area contributed by atoms with E-state index in [1.54, 1.807) is 81.7 Å². The van der Waals surface area contributed by atoms with E-state index in [2.05, 4.69) is 21.5 Å². The van der Waals surface area contributed by atoms with Gasteiger partial charge in [-0.1, -0.05) is 39.8 Å². The highest BCUT2D eigenvalue weighted by Crippen LogP contribution is 2.44. The van der Waals surface area contributed by atoms with Crippen molar-refractivity contribution in [3.05, 3.63) is 73.6 Å². The lowest BCUT2D eigenvalue weighted by atomic mass is 9.73. The molecule has 70 heavy (non-hydrogen) atoms. The summed E-state index contributed by atoms with van der Waals surface area (Å²) in [5.41, 5.74) is 5.18. The first-order valence-corrected chi connectivity index (χ1v) is 24.7. The molecule has 3 aromatic heterocycles. The molecule has 0 bridgehead atoms. The number of hydrogen-bond donors (Lipinski definition) is 2. The van der Waals surface area contributed by atoms with Crippen molar-refractivity contribution in [2.24, 2.45) is 23.7 Å². The second-order valence-electron chi connectivity index (χ2n) is 20.0. The molecule has 14 atom stereocenters. The topological polar surface area (TPSA) is 220 Å². The van der Waals surface area contributed by atoms with Crippen LogP contribution in [0.3, 0.4) is 0 Å². The summed E-state index contributed by atoms with van der Waals surface area (Å²) in [6, 6.07) is 7.61. The van der Waals surface area contributed by atoms with E-state index in [9.17, 15) is 19.5 Å². The summed E-state index contributed by atoms with van der Waals surface area (Å²) in [6.07, 6.45) is 4.01. The molecule has 1 amide bonds. The number of likely N-dealkylation sites (N-methyl/N-ethyl adjacent to an activating group) is 1. The molecule has 3 N–H and O–H groups in total. The third-order valence-electron chi connectivity index (χ3n) is 14.8. The first-order valence-electron chi connectivity index (χ1n) is 24.7. The molecule has 0 radical (unpaired) electrons. The summed E-state index contributed by atoms with van der Waals surface area (Å²) in [4.78, 5) is 74.5. The SMILES string of the molecule is C=CCN(C)[C@H]1C[C@@H](C)O[C@@H](O[C@@H]2[C@@H](C)[C@H](OC(=O)Cc3ccccn3)[C@@H](C)C(=O)O[C@H](CC)[C@@]3(C)OC(=O)N(CCCCn4cnc(-c5ccnc(N)c5)c4)[C@H]3[C@@H](C)C(=O)[C@H](C)C[C@@]2(C)OC)[C@@H]1O. The number of nitrogens with zero attached hydrogens (tertiary/aromatic N) is 6. The van der Waals surface area contributed by atoms with E-state index in [0.717, 1.165) is 11.3 Å². The van der Waals surface area contributed by atoms with Gasteiger partial charge in [-0.15, -0.1) is 6.58 Å². The number of anilines is 1. The number of aliphatic hydroxyl groups excluding tert-OH is 1. The van der Waals surface area contributed by atoms with Gasteiger partial charge in [-0.05, 0) is 91.1 Å². The van der Waals surface area contributed by atoms with Gasteiger partial charge in [-0.25, -0.2) is 14.8 Å². The van der Waals surface area contributed by atoms with Crippen LogP contribution in [0.5, 0.6) is 0 Å². The summed E-state index contributed by atoms with van der Waals surface area (Å²) in [5, 5.41) is 11.9. The Morgan fingerprint density at radius 1 is 1.04 bits per heavy atom. The fourth-order valence-electron chi connectivity index (χ4n) is 11.0. The van der Waals surface area contributed by atoms with Gasteiger partial charge in [0.1, 0.15) is 29.9 Å². The number of amides is 1. The van der Waals surface area contributed by atoms with Crippen molar-refractivity contribution in [2.75, 3.05) is 33.0 Å². The number of unbranched alkanes of at least 4 members (excludes halogenated alkanes) is 1. The molecule has 18 heteroatoms. The molecular weight excluding hydrogens is 899 g/mol. The van der Waals surface area contributed by atoms with Crippen LogP contribution in [0.25, 0.3) is 11.3 Å². The number of methoxy groups -OCH3 is 1. The maximum atomic E-state index is 15.1. The van der Waals surface area contributed by atoms with Crippen LogP contribution in [-0.4, -0.2) is 146 Å². The first kappa shape index (κ1) is 54.1. The highest BCUT2D eigenvalue weighted by Gasteiger charge is 2.60. The minimum absolute atomic E-state index is 0.0989. The van der Waals surface area contributed by atoms with Crippen LogP contribution < -0.4 is 5.73 Å². The van der Waals surface area contributed by atoms with Crippen molar-refractivity contribution < 1.29 is 52.7 Å². The van der Waals surface area contributed by atoms with Crippen molar-refractivity contribution in [1.82, 2.24) is 29.3 Å². The smallest absolute Gasteiger partial charge is 0.410 e. The molecular formula is C52H75N7O11. The molecule has 0 saturated carbocycles. The molecule has 3 aliphatic rings. The third-order valence-corrected chi connectivity index (χ3v) is 14.8. The van der Waals surface area contributed by atoms with E-state index < -0.39 is 89.7 Å². The number of ether oxygens (including phenoxy) is 6. The van der Waals surface area contributed by atoms with Crippen LogP contribution in [0, 0.1) is 23.7 Å². The molecule has 0 aliphatic carbocycles. The Kier molecular flexibility index (Phi) is 18.0. The Hall–Kier alpha value is -5.27. The highest BCUT2D eigenvalue weighted by atomic mass is 16.7. The van der Waals surface area contributed by atoms with Gasteiger partial charge in [0.25, 0.3) is 0 Å². The van der Waals surface area contributed by atoms with E-state index >= 15 is 4.79 Å². The molecule has 3 fully saturated rings. The van der Waals surface area contributed by atoms with Gasteiger partial charge >= 0.3 is 18.0 Å². The number of hydrogen-bond acceptors (Lipinski definition) is 16. The number of ketones is 1. The lowest BCUT2D eigenvalue weighted by Crippen LogP contribution is -2.61. The van der Waals surface area contributed by atoms with Crippen LogP contribution in [-0.2, 0) is 55.8 Å². The zero-order valence-corrected chi connectivity index (χ0v) is 42.6. The fourth-order valence-corrected chi connectivity index (χ4v) is 11.0. The van der Waals surface area contributed by atoms with Crippen LogP contribution in [0.2, 0.25) is 0 Å². The molecule has 18 nitrogen and oxygen atoms in total. The van der Waals surface area contributed by atoms with E-state index in [1.165, 1.54) is 7.11 Å². The van der Waals surface area contributed by atoms with Gasteiger partial charge in [-0.2, -0.15) is 0 Å². The minimum Gasteiger partial charge on any atom is -0.461 e. The lowest BCUT2D eigenvalue weighted by Gasteiger charge is -2.48. The molecule has 3 aliphatic heterocycles. The van der Waals surface area contributed by atoms with Crippen LogP contribution >= 0.6 is 0 Å². The van der Waals surface area contributed by atoms with Crippen molar-refractivity contribution in [3.63, 3.8) is 0 Å². The number of pyridine rings is 2. The van der Waals surface area contributed by atoms with Gasteiger partial charge < -0.3 is 48.7 Å². The van der Waals surface area contributed by atoms with Gasteiger partial charge in [0, 0.05) is 74.7 Å². The number of cyclic esters (lactones) is 1. The second kappa shape index (κ2) is 23.3. The van der Waals surface area contributed by atoms with Gasteiger partial charge in [0.2, 0.25) is 0 Å². The maximum Gasteiger partial charge on any atom is 0.410 e. The van der Waals surface area contributed by atoms with Crippen molar-refractivity contribution >= 4 is 29.6 Å². The van der Waals surface area contributed by atoms with Crippen molar-refractivity contribution in [2.45, 2.75) is 161 Å². The van der Waals surface area contributed by atoms with Gasteiger partial charge in [-0.3, -0.25) is 24.3 Å². The largest absolute Gasteiger partial charge is 0.461 e. The van der Waals surface area contributed by atoms with E-state index in [-0.39, 0.29) is 43.7 Å². The minimum atomic E-state index is -1.46. The van der Waals surface area contributed by atoms with Crippen molar-refractivity contribution in [1.29, 1.82) is 0 Å². The highest BCUT2D eigenvalue weighted by molar-refractivity contribution is 5.85. The number of esters is 2. The zero-order chi connectivity index (χ0) is 51.1. The summed E-state index contributed by atoms with van der Waals surface area (Å²) in [5.74, 6) is -4.58. The quantitative estimate of drug-likeness (QED) is 0.0722. The molecule has 3 aromatic rings. The standard InChI is InChI=1S/C52H75N7O11/c1-12-22-57(10)39-25-32(4)66-49(44(39)62)69-47-34(6)45(68-42(60)27-37-18-14-15-20-54-37)35(7)48(63)67-40(13-2)52(9)46(33(5)43(61)31(3)28-51(47,8)65-11)59(50(64)70-52)24-17-16-23-58-29-38(56-30-58)36-19-21-55-41(53)26-36/h12,14-15,18-21,26,29-35,39-40,44-47,49,62H,1,13,16-17,22-25,27-28H2,2-11H3,(H2,53,55)/t31-,32-,33+,34+,35-,39+,40-,44-,45+,46+,47-,49+,51-,52-/m1/s1. The van der Waals surface area contributed by atoms with Gasteiger partial charge in [0.05, 0.1) is 53.9 Å². The normalized spacial score (nSPS) is 33.3. The number of imidazole rings is 1. The second-order valence-corrected chi connectivity index (χ2v) is 20.0. The number of aromatic nitrogens is 4. The monoisotopic (exact) mass is 974 g/mol. The molecule has 384 valence electrons. The Labute approximate surface area is 412 Å². The molecule has 0 spiro atoms. The van der Waals surface area contributed by atoms with Crippen LogP contribution in [0.1, 0.15) is 93.2 Å². The van der Waals surface area contributed by atoms with Crippen molar-refractivity contribution in [3.8, 4) is 11.3 Å². The maximum absolute atomic E-state index is 15.1. The van der Waals surface area contributed by atoms with E-state index in [1.807, 2.05) is 56.5 Å². The van der Waals surface area contributed by atoms with E-state index in [4.69, 9.17) is 34.2 Å². The number of nitrogens with two attached hydrogens (primary N) is 1. The zero-order valence-electron chi connectivity index (χ0n) is 42.6. The predicted octanol–water partition coefficient (Wildman–Crippen LogP) is 6.05. The Bertz CT molecular complexity index is 2260. The summed E-state index contributed by atoms with van der Waals surface area (Å²) in [7, 11) is 3.41. The summed E-state index contributed by atoms with van der Waals surface area (Å²) >= 11 is 0. The molecule has 0 unspecified atom stereocenters. The van der Waals surface area contributed by atoms with Gasteiger partial charge in [0.15, 0.2) is 11.9 Å². The molecule has 6 rings (SSSR count). The first-order chi connectivity index (χ1) is 33.2.